The highest BCUT2D eigenvalue weighted by molar-refractivity contribution is 4.84. The molecule has 0 aromatic heterocycles. The molecule has 0 bridgehead atoms. The maximum Gasteiger partial charge on any atom is 0.00953 e. The summed E-state index contributed by atoms with van der Waals surface area (Å²) in [5.41, 5.74) is 0.540. The molecule has 1 saturated heterocycles. The zero-order chi connectivity index (χ0) is 10.8. The molecule has 1 aliphatic rings. The quantitative estimate of drug-likeness (QED) is 0.715. The van der Waals surface area contributed by atoms with Crippen LogP contribution in [0.1, 0.15) is 53.9 Å². The summed E-state index contributed by atoms with van der Waals surface area (Å²) < 4.78 is 0. The third-order valence-corrected chi connectivity index (χ3v) is 3.50. The predicted octanol–water partition coefficient (Wildman–Crippen LogP) is 3.45. The van der Waals surface area contributed by atoms with E-state index in [4.69, 9.17) is 0 Å². The average Bonchev–Trinajstić information content (AvgIpc) is 2.10. The molecule has 0 aromatic rings. The highest BCUT2D eigenvalue weighted by Crippen LogP contribution is 2.33. The first-order valence-electron chi connectivity index (χ1n) is 6.14. The van der Waals surface area contributed by atoms with E-state index in [1.807, 2.05) is 0 Å². The van der Waals surface area contributed by atoms with E-state index in [1.54, 1.807) is 0 Å². The van der Waals surface area contributed by atoms with Gasteiger partial charge in [-0.1, -0.05) is 34.6 Å². The minimum absolute atomic E-state index is 0.540. The topological polar surface area (TPSA) is 12.0 Å². The molecular weight excluding hydrogens is 170 g/mol. The van der Waals surface area contributed by atoms with Crippen LogP contribution >= 0.6 is 0 Å². The van der Waals surface area contributed by atoms with Crippen LogP contribution < -0.4 is 5.32 Å². The maximum atomic E-state index is 3.72. The Labute approximate surface area is 89.7 Å². The molecule has 1 N–H and O–H groups in total. The molecular formula is C13H27N. The summed E-state index contributed by atoms with van der Waals surface area (Å²) in [5.74, 6) is 1.64. The Hall–Kier alpha value is -0.0400. The van der Waals surface area contributed by atoms with Crippen molar-refractivity contribution in [1.29, 1.82) is 0 Å². The van der Waals surface area contributed by atoms with Crippen LogP contribution in [0.4, 0.5) is 0 Å². The lowest BCUT2D eigenvalue weighted by molar-refractivity contribution is 0.256. The van der Waals surface area contributed by atoms with Gasteiger partial charge < -0.3 is 5.32 Å². The SMILES string of the molecule is CC(C)CC1NCCC(C)(C)CC1C. The van der Waals surface area contributed by atoms with E-state index >= 15 is 0 Å². The summed E-state index contributed by atoms with van der Waals surface area (Å²) in [6, 6.07) is 0.747. The van der Waals surface area contributed by atoms with Crippen molar-refractivity contribution in [2.24, 2.45) is 17.3 Å². The van der Waals surface area contributed by atoms with Gasteiger partial charge >= 0.3 is 0 Å². The number of nitrogens with one attached hydrogen (secondary N) is 1. The van der Waals surface area contributed by atoms with E-state index < -0.39 is 0 Å². The van der Waals surface area contributed by atoms with Crippen molar-refractivity contribution in [2.75, 3.05) is 6.54 Å². The molecule has 0 amide bonds. The van der Waals surface area contributed by atoms with Crippen molar-refractivity contribution in [3.8, 4) is 0 Å². The van der Waals surface area contributed by atoms with Gasteiger partial charge in [0, 0.05) is 6.04 Å². The lowest BCUT2D eigenvalue weighted by Gasteiger charge is -2.28. The smallest absolute Gasteiger partial charge is 0.00953 e. The minimum atomic E-state index is 0.540. The van der Waals surface area contributed by atoms with E-state index in [-0.39, 0.29) is 0 Å². The summed E-state index contributed by atoms with van der Waals surface area (Å²) in [5, 5.41) is 3.72. The van der Waals surface area contributed by atoms with Crippen LogP contribution in [0, 0.1) is 17.3 Å². The molecule has 2 unspecified atom stereocenters. The van der Waals surface area contributed by atoms with E-state index in [2.05, 4.69) is 39.9 Å². The van der Waals surface area contributed by atoms with Crippen molar-refractivity contribution in [1.82, 2.24) is 5.32 Å². The Kier molecular flexibility index (Phi) is 4.00. The Morgan fingerprint density at radius 2 is 2.00 bits per heavy atom. The number of hydrogen-bond donors (Lipinski definition) is 1. The van der Waals surface area contributed by atoms with Crippen molar-refractivity contribution >= 4 is 0 Å². The Balaban J connectivity index is 2.53. The zero-order valence-electron chi connectivity index (χ0n) is 10.6. The van der Waals surface area contributed by atoms with Crippen LogP contribution in [0.3, 0.4) is 0 Å². The predicted molar refractivity (Wildman–Crippen MR) is 63.4 cm³/mol. The summed E-state index contributed by atoms with van der Waals surface area (Å²) in [6.07, 6.45) is 4.03. The average molecular weight is 197 g/mol. The van der Waals surface area contributed by atoms with E-state index in [0.717, 1.165) is 17.9 Å². The van der Waals surface area contributed by atoms with Crippen LogP contribution in [0.25, 0.3) is 0 Å². The second-order valence-corrected chi connectivity index (χ2v) is 6.29. The number of hydrogen-bond acceptors (Lipinski definition) is 1. The zero-order valence-corrected chi connectivity index (χ0v) is 10.6. The van der Waals surface area contributed by atoms with E-state index in [1.165, 1.54) is 25.8 Å². The third kappa shape index (κ3) is 3.61. The fourth-order valence-corrected chi connectivity index (χ4v) is 2.74. The van der Waals surface area contributed by atoms with Crippen molar-refractivity contribution < 1.29 is 0 Å². The third-order valence-electron chi connectivity index (χ3n) is 3.50. The Morgan fingerprint density at radius 1 is 1.36 bits per heavy atom. The van der Waals surface area contributed by atoms with Crippen molar-refractivity contribution in [3.05, 3.63) is 0 Å². The first-order valence-corrected chi connectivity index (χ1v) is 6.14. The molecule has 14 heavy (non-hydrogen) atoms. The molecule has 0 aromatic carbocycles. The fraction of sp³-hybridized carbons (Fsp3) is 1.00. The molecule has 1 heteroatoms. The van der Waals surface area contributed by atoms with Crippen LogP contribution in [-0.4, -0.2) is 12.6 Å². The van der Waals surface area contributed by atoms with Gasteiger partial charge in [-0.3, -0.25) is 0 Å². The van der Waals surface area contributed by atoms with Crippen LogP contribution in [0.15, 0.2) is 0 Å². The molecule has 0 radical (unpaired) electrons. The molecule has 1 aliphatic heterocycles. The molecule has 84 valence electrons. The van der Waals surface area contributed by atoms with Gasteiger partial charge in [0.25, 0.3) is 0 Å². The van der Waals surface area contributed by atoms with Crippen LogP contribution in [0.2, 0.25) is 0 Å². The van der Waals surface area contributed by atoms with Gasteiger partial charge in [0.05, 0.1) is 0 Å². The van der Waals surface area contributed by atoms with Gasteiger partial charge in [0.1, 0.15) is 0 Å². The molecule has 0 spiro atoms. The van der Waals surface area contributed by atoms with Gasteiger partial charge in [-0.2, -0.15) is 0 Å². The van der Waals surface area contributed by atoms with Gasteiger partial charge in [0.2, 0.25) is 0 Å². The maximum absolute atomic E-state index is 3.72. The monoisotopic (exact) mass is 197 g/mol. The second-order valence-electron chi connectivity index (χ2n) is 6.29. The van der Waals surface area contributed by atoms with Crippen molar-refractivity contribution in [2.45, 2.75) is 59.9 Å². The highest BCUT2D eigenvalue weighted by atomic mass is 14.9. The van der Waals surface area contributed by atoms with E-state index in [0.29, 0.717) is 5.41 Å². The number of rotatable bonds is 2. The highest BCUT2D eigenvalue weighted by Gasteiger charge is 2.29. The molecule has 1 heterocycles. The standard InChI is InChI=1S/C13H27N/c1-10(2)8-12-11(3)9-13(4,5)6-7-14-12/h10-12,14H,6-9H2,1-5H3. The van der Waals surface area contributed by atoms with Gasteiger partial charge in [-0.05, 0) is 43.1 Å². The second kappa shape index (κ2) is 4.65. The summed E-state index contributed by atoms with van der Waals surface area (Å²) in [7, 11) is 0. The minimum Gasteiger partial charge on any atom is -0.314 e. The van der Waals surface area contributed by atoms with E-state index in [9.17, 15) is 0 Å². The molecule has 1 rings (SSSR count). The normalized spacial score (nSPS) is 33.0. The first kappa shape index (κ1) is 12.0. The van der Waals surface area contributed by atoms with Crippen LogP contribution in [0.5, 0.6) is 0 Å². The molecule has 1 fully saturated rings. The lowest BCUT2D eigenvalue weighted by atomic mass is 9.79. The van der Waals surface area contributed by atoms with Gasteiger partial charge in [0.15, 0.2) is 0 Å². The summed E-state index contributed by atoms with van der Waals surface area (Å²) in [4.78, 5) is 0. The lowest BCUT2D eigenvalue weighted by Crippen LogP contribution is -2.34. The van der Waals surface area contributed by atoms with Crippen LogP contribution in [-0.2, 0) is 0 Å². The summed E-state index contributed by atoms with van der Waals surface area (Å²) in [6.45, 7) is 13.1. The molecule has 2 atom stereocenters. The van der Waals surface area contributed by atoms with Gasteiger partial charge in [-0.25, -0.2) is 0 Å². The first-order chi connectivity index (χ1) is 6.41. The van der Waals surface area contributed by atoms with Crippen molar-refractivity contribution in [3.63, 3.8) is 0 Å². The molecule has 0 aliphatic carbocycles. The fourth-order valence-electron chi connectivity index (χ4n) is 2.74. The Bertz CT molecular complexity index is 172. The Morgan fingerprint density at radius 3 is 2.57 bits per heavy atom. The molecule has 1 nitrogen and oxygen atoms in total. The largest absolute Gasteiger partial charge is 0.314 e. The van der Waals surface area contributed by atoms with Gasteiger partial charge in [-0.15, -0.1) is 0 Å². The summed E-state index contributed by atoms with van der Waals surface area (Å²) >= 11 is 0. The molecule has 0 saturated carbocycles.